The van der Waals surface area contributed by atoms with Crippen molar-refractivity contribution in [2.75, 3.05) is 23.7 Å². The van der Waals surface area contributed by atoms with Gasteiger partial charge in [0.2, 0.25) is 0 Å². The fourth-order valence-electron chi connectivity index (χ4n) is 2.03. The molecule has 1 fully saturated rings. The van der Waals surface area contributed by atoms with Crippen LogP contribution in [-0.4, -0.2) is 13.1 Å². The maximum Gasteiger partial charge on any atom is 0.274 e. The molecule has 1 aliphatic rings. The molecule has 0 bridgehead atoms. The monoisotopic (exact) mass is 281 g/mol. The molecule has 0 saturated carbocycles. The highest BCUT2D eigenvalue weighted by molar-refractivity contribution is 7.07. The highest BCUT2D eigenvalue weighted by atomic mass is 35.5. The molecule has 0 amide bonds. The SMILES string of the molecule is Nc1cc(N2CCC2)cc[n+]1Cc1ccsc1.[Cl-]. The van der Waals surface area contributed by atoms with E-state index in [1.165, 1.54) is 17.7 Å². The number of anilines is 2. The minimum absolute atomic E-state index is 0. The number of hydrogen-bond donors (Lipinski definition) is 1. The van der Waals surface area contributed by atoms with Crippen LogP contribution in [0.4, 0.5) is 11.5 Å². The number of nitrogen functional groups attached to an aromatic ring is 1. The van der Waals surface area contributed by atoms with Gasteiger partial charge in [-0.1, -0.05) is 0 Å². The maximum atomic E-state index is 6.09. The highest BCUT2D eigenvalue weighted by Gasteiger charge is 2.16. The molecule has 1 aliphatic heterocycles. The molecule has 3 heterocycles. The maximum absolute atomic E-state index is 6.09. The molecule has 2 aromatic rings. The summed E-state index contributed by atoms with van der Waals surface area (Å²) in [4.78, 5) is 2.35. The van der Waals surface area contributed by atoms with Crippen molar-refractivity contribution in [3.63, 3.8) is 0 Å². The van der Waals surface area contributed by atoms with Gasteiger partial charge in [-0.05, 0) is 23.2 Å². The first kappa shape index (κ1) is 13.2. The standard InChI is InChI=1S/C13H15N3S.ClH/c14-13-8-12(15-4-1-5-15)2-6-16(13)9-11-3-7-17-10-11;/h2-3,6-8,10,14H,1,4-5,9H2;1H. The van der Waals surface area contributed by atoms with Gasteiger partial charge in [0.15, 0.2) is 0 Å². The van der Waals surface area contributed by atoms with Gasteiger partial charge in [0.25, 0.3) is 5.82 Å². The Balaban J connectivity index is 0.00000120. The van der Waals surface area contributed by atoms with E-state index in [4.69, 9.17) is 5.73 Å². The van der Waals surface area contributed by atoms with Crippen LogP contribution in [0.2, 0.25) is 0 Å². The average molecular weight is 282 g/mol. The summed E-state index contributed by atoms with van der Waals surface area (Å²) in [5.74, 6) is 0.834. The Morgan fingerprint density at radius 1 is 1.33 bits per heavy atom. The lowest BCUT2D eigenvalue weighted by atomic mass is 10.2. The van der Waals surface area contributed by atoms with Gasteiger partial charge in [-0.25, -0.2) is 4.57 Å². The molecule has 3 nitrogen and oxygen atoms in total. The average Bonchev–Trinajstić information content (AvgIpc) is 2.72. The summed E-state index contributed by atoms with van der Waals surface area (Å²) in [5, 5.41) is 4.26. The van der Waals surface area contributed by atoms with Gasteiger partial charge in [-0.3, -0.25) is 5.73 Å². The molecule has 2 aromatic heterocycles. The third-order valence-corrected chi connectivity index (χ3v) is 3.94. The van der Waals surface area contributed by atoms with E-state index in [1.807, 2.05) is 0 Å². The zero-order chi connectivity index (χ0) is 11.7. The Morgan fingerprint density at radius 3 is 2.72 bits per heavy atom. The van der Waals surface area contributed by atoms with Gasteiger partial charge in [0, 0.05) is 30.4 Å². The minimum atomic E-state index is 0. The van der Waals surface area contributed by atoms with Gasteiger partial charge in [-0.2, -0.15) is 11.3 Å². The molecule has 0 atom stereocenters. The number of nitrogens with zero attached hydrogens (tertiary/aromatic N) is 2. The van der Waals surface area contributed by atoms with Crippen LogP contribution < -0.4 is 27.6 Å². The first-order valence-corrected chi connectivity index (χ1v) is 6.82. The summed E-state index contributed by atoms with van der Waals surface area (Å²) in [7, 11) is 0. The molecule has 2 N–H and O–H groups in total. The predicted octanol–water partition coefficient (Wildman–Crippen LogP) is -1.12. The van der Waals surface area contributed by atoms with Gasteiger partial charge >= 0.3 is 0 Å². The third kappa shape index (κ3) is 2.60. The topological polar surface area (TPSA) is 33.1 Å². The van der Waals surface area contributed by atoms with E-state index in [0.717, 1.165) is 25.5 Å². The number of halogens is 1. The normalized spacial score (nSPS) is 13.9. The van der Waals surface area contributed by atoms with Crippen molar-refractivity contribution in [1.29, 1.82) is 0 Å². The number of pyridine rings is 1. The second-order valence-electron chi connectivity index (χ2n) is 4.41. The van der Waals surface area contributed by atoms with Gasteiger partial charge in [0.05, 0.1) is 12.3 Å². The largest absolute Gasteiger partial charge is 1.00 e. The van der Waals surface area contributed by atoms with Crippen LogP contribution in [0.1, 0.15) is 12.0 Å². The lowest BCUT2D eigenvalue weighted by Gasteiger charge is -2.32. The summed E-state index contributed by atoms with van der Waals surface area (Å²) in [6, 6.07) is 6.37. The van der Waals surface area contributed by atoms with E-state index < -0.39 is 0 Å². The lowest BCUT2D eigenvalue weighted by Crippen LogP contribution is -3.00. The lowest BCUT2D eigenvalue weighted by molar-refractivity contribution is -0.673. The highest BCUT2D eigenvalue weighted by Crippen LogP contribution is 2.20. The molecule has 3 rings (SSSR count). The Kier molecular flexibility index (Phi) is 4.09. The summed E-state index contributed by atoms with van der Waals surface area (Å²) >= 11 is 1.72. The number of aromatic nitrogens is 1. The number of rotatable bonds is 3. The number of hydrogen-bond acceptors (Lipinski definition) is 3. The van der Waals surface area contributed by atoms with Crippen molar-refractivity contribution in [3.8, 4) is 0 Å². The molecule has 1 saturated heterocycles. The molecule has 0 unspecified atom stereocenters. The van der Waals surface area contributed by atoms with E-state index in [9.17, 15) is 0 Å². The molecular formula is C13H16ClN3S. The van der Waals surface area contributed by atoms with Crippen LogP contribution >= 0.6 is 11.3 Å². The fraction of sp³-hybridized carbons (Fsp3) is 0.308. The Bertz CT molecular complexity index is 509. The zero-order valence-electron chi connectivity index (χ0n) is 10.1. The van der Waals surface area contributed by atoms with Crippen LogP contribution in [0.15, 0.2) is 35.2 Å². The van der Waals surface area contributed by atoms with Gasteiger partial charge in [0.1, 0.15) is 6.54 Å². The molecule has 0 spiro atoms. The van der Waals surface area contributed by atoms with Crippen molar-refractivity contribution in [2.24, 2.45) is 0 Å². The second kappa shape index (κ2) is 5.59. The molecule has 0 aromatic carbocycles. The summed E-state index contributed by atoms with van der Waals surface area (Å²) < 4.78 is 2.09. The van der Waals surface area contributed by atoms with Crippen molar-refractivity contribution < 1.29 is 17.0 Å². The molecule has 96 valence electrons. The van der Waals surface area contributed by atoms with E-state index in [-0.39, 0.29) is 12.4 Å². The first-order chi connectivity index (χ1) is 8.33. The van der Waals surface area contributed by atoms with Crippen LogP contribution in [0, 0.1) is 0 Å². The molecule has 18 heavy (non-hydrogen) atoms. The van der Waals surface area contributed by atoms with Crippen molar-refractivity contribution in [3.05, 3.63) is 40.7 Å². The molecular weight excluding hydrogens is 266 g/mol. The number of thiophene rings is 1. The Labute approximate surface area is 117 Å². The summed E-state index contributed by atoms with van der Waals surface area (Å²) in [6.45, 7) is 3.18. The zero-order valence-corrected chi connectivity index (χ0v) is 11.6. The third-order valence-electron chi connectivity index (χ3n) is 3.21. The van der Waals surface area contributed by atoms with Crippen molar-refractivity contribution in [2.45, 2.75) is 13.0 Å². The van der Waals surface area contributed by atoms with Crippen LogP contribution in [-0.2, 0) is 6.54 Å². The fourth-order valence-corrected chi connectivity index (χ4v) is 2.69. The smallest absolute Gasteiger partial charge is 0.274 e. The first-order valence-electron chi connectivity index (χ1n) is 5.88. The second-order valence-corrected chi connectivity index (χ2v) is 5.19. The quantitative estimate of drug-likeness (QED) is 0.723. The molecule has 5 heteroatoms. The predicted molar refractivity (Wildman–Crippen MR) is 71.3 cm³/mol. The van der Waals surface area contributed by atoms with Crippen molar-refractivity contribution in [1.82, 2.24) is 0 Å². The summed E-state index contributed by atoms with van der Waals surface area (Å²) in [5.41, 5.74) is 8.65. The van der Waals surface area contributed by atoms with Gasteiger partial charge in [-0.15, -0.1) is 0 Å². The van der Waals surface area contributed by atoms with Crippen LogP contribution in [0.3, 0.4) is 0 Å². The van der Waals surface area contributed by atoms with Crippen LogP contribution in [0.5, 0.6) is 0 Å². The summed E-state index contributed by atoms with van der Waals surface area (Å²) in [6.07, 6.45) is 3.38. The minimum Gasteiger partial charge on any atom is -1.00 e. The van der Waals surface area contributed by atoms with E-state index in [2.05, 4.69) is 44.6 Å². The van der Waals surface area contributed by atoms with Crippen molar-refractivity contribution >= 4 is 22.8 Å². The van der Waals surface area contributed by atoms with Gasteiger partial charge < -0.3 is 17.3 Å². The van der Waals surface area contributed by atoms with E-state index in [1.54, 1.807) is 11.3 Å². The van der Waals surface area contributed by atoms with Crippen LogP contribution in [0.25, 0.3) is 0 Å². The Morgan fingerprint density at radius 2 is 2.17 bits per heavy atom. The number of nitrogens with two attached hydrogens (primary N) is 1. The molecule has 0 aliphatic carbocycles. The molecule has 0 radical (unpaired) electrons. The van der Waals surface area contributed by atoms with E-state index >= 15 is 0 Å². The Hall–Kier alpha value is -1.26. The van der Waals surface area contributed by atoms with E-state index in [0.29, 0.717) is 0 Å².